The SMILES string of the molecule is COc1ccc(Cn2nnnc2C2=C(CSc3ccncc3)CSC3C(NC(=O)/C(=N\OC(C)(C)C(=O)OC(C)(C)C)c4csc(NC(=O)OC(C)(C)C)n4)C(=O)N23)c(OC)c1. The van der Waals surface area contributed by atoms with Gasteiger partial charge in [0.05, 0.1) is 26.5 Å². The third-order valence-electron chi connectivity index (χ3n) is 8.78. The molecular formula is C40H48N10O9S3. The van der Waals surface area contributed by atoms with E-state index in [1.165, 1.54) is 31.0 Å². The largest absolute Gasteiger partial charge is 0.497 e. The zero-order valence-corrected chi connectivity index (χ0v) is 38.3. The number of benzene rings is 1. The van der Waals surface area contributed by atoms with Gasteiger partial charge in [0.25, 0.3) is 11.8 Å². The van der Waals surface area contributed by atoms with Crippen molar-refractivity contribution in [3.8, 4) is 11.5 Å². The lowest BCUT2D eigenvalue weighted by Crippen LogP contribution is -2.70. The Morgan fingerprint density at radius 1 is 0.984 bits per heavy atom. The molecule has 4 aromatic rings. The molecule has 1 saturated heterocycles. The zero-order valence-electron chi connectivity index (χ0n) is 35.9. The van der Waals surface area contributed by atoms with Crippen LogP contribution in [0.25, 0.3) is 5.70 Å². The number of thioether (sulfide) groups is 2. The van der Waals surface area contributed by atoms with E-state index >= 15 is 0 Å². The number of anilines is 1. The molecule has 0 radical (unpaired) electrons. The second-order valence-corrected chi connectivity index (χ2v) is 19.3. The minimum Gasteiger partial charge on any atom is -0.497 e. The van der Waals surface area contributed by atoms with E-state index in [9.17, 15) is 19.2 Å². The maximum Gasteiger partial charge on any atom is 0.413 e. The van der Waals surface area contributed by atoms with Crippen molar-refractivity contribution in [2.45, 2.75) is 95.0 Å². The number of aromatic nitrogens is 6. The van der Waals surface area contributed by atoms with Crippen LogP contribution in [-0.4, -0.2) is 119 Å². The summed E-state index contributed by atoms with van der Waals surface area (Å²) < 4.78 is 23.5. The van der Waals surface area contributed by atoms with Gasteiger partial charge in [-0.2, -0.15) is 0 Å². The number of β-lactam (4-membered cyclic amide) rings is 1. The van der Waals surface area contributed by atoms with Gasteiger partial charge < -0.3 is 29.1 Å². The summed E-state index contributed by atoms with van der Waals surface area (Å²) in [5.74, 6) is 0.545. The first-order valence-corrected chi connectivity index (χ1v) is 22.1. The Morgan fingerprint density at radius 3 is 2.39 bits per heavy atom. The van der Waals surface area contributed by atoms with Crippen LogP contribution in [-0.2, 0) is 35.2 Å². The molecule has 62 heavy (non-hydrogen) atoms. The highest BCUT2D eigenvalue weighted by atomic mass is 32.2. The fourth-order valence-corrected chi connectivity index (χ4v) is 8.93. The molecule has 2 N–H and O–H groups in total. The lowest BCUT2D eigenvalue weighted by molar-refractivity contribution is -0.179. The number of rotatable bonds is 15. The van der Waals surface area contributed by atoms with Gasteiger partial charge in [-0.15, -0.1) is 40.0 Å². The van der Waals surface area contributed by atoms with Crippen molar-refractivity contribution in [1.82, 2.24) is 40.4 Å². The van der Waals surface area contributed by atoms with Crippen LogP contribution in [0, 0.1) is 0 Å². The zero-order chi connectivity index (χ0) is 45.0. The van der Waals surface area contributed by atoms with E-state index < -0.39 is 52.1 Å². The highest BCUT2D eigenvalue weighted by molar-refractivity contribution is 8.01. The molecule has 2 unspecified atom stereocenters. The van der Waals surface area contributed by atoms with Crippen LogP contribution in [0.1, 0.15) is 72.5 Å². The van der Waals surface area contributed by atoms with Crippen molar-refractivity contribution >= 4 is 75.3 Å². The highest BCUT2D eigenvalue weighted by Crippen LogP contribution is 2.45. The number of oxime groups is 1. The summed E-state index contributed by atoms with van der Waals surface area (Å²) in [6.45, 7) is 13.4. The van der Waals surface area contributed by atoms with E-state index in [-0.39, 0.29) is 23.1 Å². The Hall–Kier alpha value is -5.74. The lowest BCUT2D eigenvalue weighted by atomic mass is 10.0. The summed E-state index contributed by atoms with van der Waals surface area (Å²) in [4.78, 5) is 71.0. The molecule has 0 bridgehead atoms. The minimum atomic E-state index is -1.64. The number of hydrogen-bond acceptors (Lipinski definition) is 18. The van der Waals surface area contributed by atoms with Gasteiger partial charge >= 0.3 is 12.1 Å². The summed E-state index contributed by atoms with van der Waals surface area (Å²) in [6.07, 6.45) is 2.67. The number of methoxy groups -OCH3 is 2. The third kappa shape index (κ3) is 11.0. The summed E-state index contributed by atoms with van der Waals surface area (Å²) in [5.41, 5.74) is -1.40. The van der Waals surface area contributed by atoms with Crippen LogP contribution < -0.4 is 20.1 Å². The molecule has 6 rings (SSSR count). The van der Waals surface area contributed by atoms with Crippen LogP contribution in [0.15, 0.2) is 63.7 Å². The molecular weight excluding hydrogens is 861 g/mol. The Labute approximate surface area is 370 Å². The second-order valence-electron chi connectivity index (χ2n) is 16.3. The lowest BCUT2D eigenvalue weighted by Gasteiger charge is -2.50. The number of fused-ring (bicyclic) bond motifs is 1. The number of ether oxygens (including phenoxy) is 4. The van der Waals surface area contributed by atoms with Crippen molar-refractivity contribution in [3.63, 3.8) is 0 Å². The molecule has 22 heteroatoms. The molecule has 2 aliphatic rings. The Bertz CT molecular complexity index is 2370. The molecule has 1 aromatic carbocycles. The molecule has 0 aliphatic carbocycles. The summed E-state index contributed by atoms with van der Waals surface area (Å²) in [6, 6.07) is 8.21. The standard InChI is InChI=1S/C40H48N10O9S3/c1-38(2,3)57-35(53)40(7,8)59-46-28(26-21-62-36(42-26)44-37(54)58-39(4,5)6)32(51)43-29-33(52)50-30(23(20-61-34(29)50)19-60-25-13-15-41-16-14-25)31-45-47-48-49(31)18-22-11-12-24(55-9)17-27(22)56-10/h11-17,21,29,34H,18-20H2,1-10H3,(H,43,51)(H,42,44,54)/b46-28-. The fourth-order valence-electron chi connectivity index (χ4n) is 5.88. The molecule has 5 heterocycles. The maximum absolute atomic E-state index is 14.4. The van der Waals surface area contributed by atoms with E-state index in [2.05, 4.69) is 41.3 Å². The van der Waals surface area contributed by atoms with Crippen LogP contribution in [0.2, 0.25) is 0 Å². The Balaban J connectivity index is 1.29. The van der Waals surface area contributed by atoms with E-state index in [0.717, 1.165) is 27.4 Å². The maximum atomic E-state index is 14.4. The van der Waals surface area contributed by atoms with Crippen LogP contribution in [0.3, 0.4) is 0 Å². The van der Waals surface area contributed by atoms with Crippen LogP contribution in [0.4, 0.5) is 9.93 Å². The molecule has 0 spiro atoms. The van der Waals surface area contributed by atoms with Gasteiger partial charge in [-0.1, -0.05) is 5.16 Å². The van der Waals surface area contributed by atoms with Crippen LogP contribution in [0.5, 0.6) is 11.5 Å². The number of tetrazole rings is 1. The van der Waals surface area contributed by atoms with Crippen molar-refractivity contribution in [3.05, 3.63) is 70.8 Å². The van der Waals surface area contributed by atoms with Crippen molar-refractivity contribution < 1.29 is 43.0 Å². The van der Waals surface area contributed by atoms with Gasteiger partial charge in [0.15, 0.2) is 16.7 Å². The molecule has 330 valence electrons. The average Bonchev–Trinajstić information content (AvgIpc) is 3.87. The fraction of sp³-hybridized carbons (Fsp3) is 0.450. The molecule has 3 aromatic heterocycles. The van der Waals surface area contributed by atoms with Gasteiger partial charge in [0, 0.05) is 45.8 Å². The molecule has 0 saturated carbocycles. The van der Waals surface area contributed by atoms with Crippen molar-refractivity contribution in [2.24, 2.45) is 5.16 Å². The first-order valence-electron chi connectivity index (χ1n) is 19.2. The quantitative estimate of drug-likeness (QED) is 0.0502. The van der Waals surface area contributed by atoms with Crippen molar-refractivity contribution in [1.29, 1.82) is 0 Å². The summed E-state index contributed by atoms with van der Waals surface area (Å²) in [5, 5.41) is 23.2. The van der Waals surface area contributed by atoms with Gasteiger partial charge in [-0.3, -0.25) is 24.8 Å². The van der Waals surface area contributed by atoms with Gasteiger partial charge in [0.2, 0.25) is 5.60 Å². The third-order valence-corrected chi connectivity index (χ3v) is 12.0. The number of carbonyl (C=O) groups is 4. The number of nitrogens with zero attached hydrogens (tertiary/aromatic N) is 8. The smallest absolute Gasteiger partial charge is 0.413 e. The molecule has 2 atom stereocenters. The van der Waals surface area contributed by atoms with E-state index in [1.807, 2.05) is 24.3 Å². The summed E-state index contributed by atoms with van der Waals surface area (Å²) in [7, 11) is 3.13. The normalized spacial score (nSPS) is 16.8. The minimum absolute atomic E-state index is 0.00242. The summed E-state index contributed by atoms with van der Waals surface area (Å²) >= 11 is 4.05. The first kappa shape index (κ1) is 45.8. The Morgan fingerprint density at radius 2 is 1.71 bits per heavy atom. The number of esters is 1. The topological polar surface area (TPSA) is 223 Å². The number of nitrogens with one attached hydrogen (secondary N) is 2. The molecule has 3 amide bonds. The predicted octanol–water partition coefficient (Wildman–Crippen LogP) is 5.38. The van der Waals surface area contributed by atoms with E-state index in [1.54, 1.807) is 95.6 Å². The number of thiazole rings is 1. The molecule has 19 nitrogen and oxygen atoms in total. The molecule has 1 fully saturated rings. The predicted molar refractivity (Wildman–Crippen MR) is 233 cm³/mol. The molecule has 2 aliphatic heterocycles. The number of pyridine rings is 1. The Kier molecular flexibility index (Phi) is 13.8. The number of hydrogen-bond donors (Lipinski definition) is 2. The van der Waals surface area contributed by atoms with E-state index in [0.29, 0.717) is 34.5 Å². The van der Waals surface area contributed by atoms with E-state index in [4.69, 9.17) is 23.8 Å². The van der Waals surface area contributed by atoms with Crippen molar-refractivity contribution in [2.75, 3.05) is 31.0 Å². The first-order chi connectivity index (χ1) is 29.3. The van der Waals surface area contributed by atoms with Gasteiger partial charge in [0.1, 0.15) is 39.8 Å². The van der Waals surface area contributed by atoms with Gasteiger partial charge in [-0.25, -0.2) is 19.3 Å². The number of carbonyl (C=O) groups excluding carboxylic acids is 4. The second kappa shape index (κ2) is 18.7. The van der Waals surface area contributed by atoms with Gasteiger partial charge in [-0.05, 0) is 95.7 Å². The number of amides is 3. The average molecular weight is 909 g/mol. The highest BCUT2D eigenvalue weighted by Gasteiger charge is 2.54. The monoisotopic (exact) mass is 908 g/mol. The van der Waals surface area contributed by atoms with Crippen LogP contribution >= 0.6 is 34.9 Å².